The first-order valence-electron chi connectivity index (χ1n) is 6.63. The lowest BCUT2D eigenvalue weighted by Gasteiger charge is -2.13. The molecule has 2 N–H and O–H groups in total. The van der Waals surface area contributed by atoms with E-state index >= 15 is 0 Å². The van der Waals surface area contributed by atoms with Crippen LogP contribution in [0.5, 0.6) is 11.5 Å². The molecule has 5 heteroatoms. The number of aryl methyl sites for hydroxylation is 1. The van der Waals surface area contributed by atoms with Gasteiger partial charge in [0.05, 0.1) is 17.8 Å². The zero-order valence-corrected chi connectivity index (χ0v) is 12.9. The van der Waals surface area contributed by atoms with Crippen molar-refractivity contribution in [1.82, 2.24) is 4.98 Å². The highest BCUT2D eigenvalue weighted by Crippen LogP contribution is 2.30. The summed E-state index contributed by atoms with van der Waals surface area (Å²) >= 11 is 1.66. The summed E-state index contributed by atoms with van der Waals surface area (Å²) in [6.07, 6.45) is 0.955. The summed E-state index contributed by atoms with van der Waals surface area (Å²) in [6, 6.07) is 5.74. The average Bonchev–Trinajstić information content (AvgIpc) is 2.92. The van der Waals surface area contributed by atoms with Crippen molar-refractivity contribution in [2.75, 3.05) is 7.11 Å². The molecule has 0 aliphatic heterocycles. The Balaban J connectivity index is 2.08. The van der Waals surface area contributed by atoms with E-state index in [0.717, 1.165) is 22.7 Å². The smallest absolute Gasteiger partial charge is 0.161 e. The first-order chi connectivity index (χ1) is 9.63. The van der Waals surface area contributed by atoms with Crippen molar-refractivity contribution < 1.29 is 9.47 Å². The van der Waals surface area contributed by atoms with Gasteiger partial charge in [-0.3, -0.25) is 0 Å². The lowest BCUT2D eigenvalue weighted by Crippen LogP contribution is -2.05. The van der Waals surface area contributed by atoms with Crippen LogP contribution in [0.3, 0.4) is 0 Å². The number of methoxy groups -OCH3 is 1. The Morgan fingerprint density at radius 1 is 1.35 bits per heavy atom. The molecule has 0 saturated carbocycles. The third kappa shape index (κ3) is 3.49. The molecule has 20 heavy (non-hydrogen) atoms. The molecule has 1 heterocycles. The number of nitrogens with zero attached hydrogens (tertiary/aromatic N) is 1. The summed E-state index contributed by atoms with van der Waals surface area (Å²) in [5, 5.41) is 3.16. The minimum Gasteiger partial charge on any atom is -0.493 e. The van der Waals surface area contributed by atoms with E-state index in [9.17, 15) is 0 Å². The third-order valence-corrected chi connectivity index (χ3v) is 4.03. The van der Waals surface area contributed by atoms with Crippen molar-refractivity contribution >= 4 is 11.3 Å². The predicted molar refractivity (Wildman–Crippen MR) is 81.4 cm³/mol. The standard InChI is InChI=1S/C15H20N2O2S/c1-4-15-17-12(9-20-15)8-19-13-6-5-11(10(2)16)7-14(13)18-3/h5-7,9-10H,4,8,16H2,1-3H3/t10-/m1/s1. The van der Waals surface area contributed by atoms with Crippen LogP contribution in [-0.4, -0.2) is 12.1 Å². The van der Waals surface area contributed by atoms with Crippen molar-refractivity contribution in [2.24, 2.45) is 5.73 Å². The molecule has 0 radical (unpaired) electrons. The molecular formula is C15H20N2O2S. The quantitative estimate of drug-likeness (QED) is 0.887. The fourth-order valence-corrected chi connectivity index (χ4v) is 2.55. The van der Waals surface area contributed by atoms with E-state index in [2.05, 4.69) is 11.9 Å². The van der Waals surface area contributed by atoms with Crippen molar-refractivity contribution in [3.63, 3.8) is 0 Å². The van der Waals surface area contributed by atoms with Gasteiger partial charge in [0, 0.05) is 11.4 Å². The van der Waals surface area contributed by atoms with Gasteiger partial charge < -0.3 is 15.2 Å². The highest BCUT2D eigenvalue weighted by atomic mass is 32.1. The molecule has 0 fully saturated rings. The van der Waals surface area contributed by atoms with Crippen LogP contribution in [0.2, 0.25) is 0 Å². The molecule has 1 atom stereocenters. The summed E-state index contributed by atoms with van der Waals surface area (Å²) in [5.41, 5.74) is 7.84. The van der Waals surface area contributed by atoms with E-state index in [1.807, 2.05) is 30.5 Å². The molecule has 2 aromatic rings. The Hall–Kier alpha value is -1.59. The van der Waals surface area contributed by atoms with Crippen LogP contribution in [-0.2, 0) is 13.0 Å². The SMILES string of the molecule is CCc1nc(COc2ccc([C@@H](C)N)cc2OC)cs1. The Morgan fingerprint density at radius 3 is 2.75 bits per heavy atom. The summed E-state index contributed by atoms with van der Waals surface area (Å²) < 4.78 is 11.1. The molecule has 0 amide bonds. The van der Waals surface area contributed by atoms with Crippen molar-refractivity contribution in [3.8, 4) is 11.5 Å². The van der Waals surface area contributed by atoms with Gasteiger partial charge in [-0.2, -0.15) is 0 Å². The van der Waals surface area contributed by atoms with Gasteiger partial charge in [-0.1, -0.05) is 13.0 Å². The topological polar surface area (TPSA) is 57.4 Å². The Morgan fingerprint density at radius 2 is 2.15 bits per heavy atom. The fourth-order valence-electron chi connectivity index (χ4n) is 1.82. The van der Waals surface area contributed by atoms with E-state index in [1.54, 1.807) is 18.4 Å². The number of aromatic nitrogens is 1. The van der Waals surface area contributed by atoms with E-state index < -0.39 is 0 Å². The molecular weight excluding hydrogens is 272 g/mol. The second-order valence-electron chi connectivity index (χ2n) is 4.57. The molecule has 0 saturated heterocycles. The zero-order valence-electron chi connectivity index (χ0n) is 12.1. The molecule has 2 rings (SSSR count). The van der Waals surface area contributed by atoms with E-state index in [-0.39, 0.29) is 6.04 Å². The second-order valence-corrected chi connectivity index (χ2v) is 5.52. The monoisotopic (exact) mass is 292 g/mol. The number of ether oxygens (including phenoxy) is 2. The number of rotatable bonds is 6. The van der Waals surface area contributed by atoms with E-state index in [0.29, 0.717) is 18.1 Å². The molecule has 0 spiro atoms. The number of nitrogens with two attached hydrogens (primary N) is 1. The van der Waals surface area contributed by atoms with Crippen LogP contribution in [0.4, 0.5) is 0 Å². The van der Waals surface area contributed by atoms with E-state index in [4.69, 9.17) is 15.2 Å². The van der Waals surface area contributed by atoms with Crippen LogP contribution >= 0.6 is 11.3 Å². The Kier molecular flexibility index (Phi) is 4.98. The van der Waals surface area contributed by atoms with Crippen LogP contribution in [0.25, 0.3) is 0 Å². The summed E-state index contributed by atoms with van der Waals surface area (Å²) in [5.74, 6) is 1.41. The van der Waals surface area contributed by atoms with Gasteiger partial charge >= 0.3 is 0 Å². The highest BCUT2D eigenvalue weighted by molar-refractivity contribution is 7.09. The number of thiazole rings is 1. The van der Waals surface area contributed by atoms with Crippen LogP contribution in [0, 0.1) is 0 Å². The number of hydrogen-bond donors (Lipinski definition) is 1. The van der Waals surface area contributed by atoms with Crippen molar-refractivity contribution in [3.05, 3.63) is 39.8 Å². The highest BCUT2D eigenvalue weighted by Gasteiger charge is 2.09. The molecule has 0 aliphatic rings. The maximum absolute atomic E-state index is 5.87. The molecule has 0 unspecified atom stereocenters. The Bertz CT molecular complexity index is 567. The third-order valence-electron chi connectivity index (χ3n) is 2.99. The molecule has 0 aliphatic carbocycles. The van der Waals surface area contributed by atoms with Crippen molar-refractivity contribution in [2.45, 2.75) is 32.9 Å². The van der Waals surface area contributed by atoms with Crippen LogP contribution in [0.15, 0.2) is 23.6 Å². The molecule has 4 nitrogen and oxygen atoms in total. The molecule has 1 aromatic carbocycles. The minimum atomic E-state index is -0.0244. The summed E-state index contributed by atoms with van der Waals surface area (Å²) in [4.78, 5) is 4.48. The fraction of sp³-hybridized carbons (Fsp3) is 0.400. The molecule has 1 aromatic heterocycles. The van der Waals surface area contributed by atoms with Gasteiger partial charge in [-0.05, 0) is 31.0 Å². The van der Waals surface area contributed by atoms with E-state index in [1.165, 1.54) is 0 Å². The number of hydrogen-bond acceptors (Lipinski definition) is 5. The van der Waals surface area contributed by atoms with Gasteiger partial charge in [0.15, 0.2) is 11.5 Å². The van der Waals surface area contributed by atoms with Crippen molar-refractivity contribution in [1.29, 1.82) is 0 Å². The first-order valence-corrected chi connectivity index (χ1v) is 7.51. The van der Waals surface area contributed by atoms with Gasteiger partial charge in [-0.15, -0.1) is 11.3 Å². The van der Waals surface area contributed by atoms with Crippen LogP contribution < -0.4 is 15.2 Å². The van der Waals surface area contributed by atoms with Gasteiger partial charge in [0.1, 0.15) is 6.61 Å². The minimum absolute atomic E-state index is 0.0244. The molecule has 108 valence electrons. The lowest BCUT2D eigenvalue weighted by atomic mass is 10.1. The van der Waals surface area contributed by atoms with Crippen LogP contribution in [0.1, 0.15) is 36.2 Å². The van der Waals surface area contributed by atoms with Gasteiger partial charge in [-0.25, -0.2) is 4.98 Å². The second kappa shape index (κ2) is 6.72. The maximum atomic E-state index is 5.87. The predicted octanol–water partition coefficient (Wildman–Crippen LogP) is 3.31. The summed E-state index contributed by atoms with van der Waals surface area (Å²) in [7, 11) is 1.63. The maximum Gasteiger partial charge on any atom is 0.161 e. The summed E-state index contributed by atoms with van der Waals surface area (Å²) in [6.45, 7) is 4.49. The number of benzene rings is 1. The normalized spacial score (nSPS) is 12.2. The lowest BCUT2D eigenvalue weighted by molar-refractivity contribution is 0.281. The van der Waals surface area contributed by atoms with Gasteiger partial charge in [0.25, 0.3) is 0 Å². The first kappa shape index (κ1) is 14.8. The average molecular weight is 292 g/mol. The molecule has 0 bridgehead atoms. The largest absolute Gasteiger partial charge is 0.493 e. The Labute approximate surface area is 123 Å². The zero-order chi connectivity index (χ0) is 14.5. The van der Waals surface area contributed by atoms with Gasteiger partial charge in [0.2, 0.25) is 0 Å².